The van der Waals surface area contributed by atoms with Crippen LogP contribution < -0.4 is 21.4 Å². The second-order valence-corrected chi connectivity index (χ2v) is 7.55. The summed E-state index contributed by atoms with van der Waals surface area (Å²) in [7, 11) is 1.58. The summed E-state index contributed by atoms with van der Waals surface area (Å²) >= 11 is 0. The second kappa shape index (κ2) is 7.37. The molecule has 0 saturated heterocycles. The number of aryl methyl sites for hydroxylation is 1. The van der Waals surface area contributed by atoms with Gasteiger partial charge in [0.1, 0.15) is 16.9 Å². The molecule has 150 valence electrons. The summed E-state index contributed by atoms with van der Waals surface area (Å²) in [6.45, 7) is 2.04. The Morgan fingerprint density at radius 3 is 2.55 bits per heavy atom. The van der Waals surface area contributed by atoms with Crippen molar-refractivity contribution in [2.75, 3.05) is 12.4 Å². The summed E-state index contributed by atoms with van der Waals surface area (Å²) in [5, 5.41) is 3.45. The van der Waals surface area contributed by atoms with E-state index in [1.807, 2.05) is 25.1 Å². The predicted octanol–water partition coefficient (Wildman–Crippen LogP) is 3.95. The van der Waals surface area contributed by atoms with Crippen molar-refractivity contribution in [2.24, 2.45) is 5.73 Å². The second-order valence-electron chi connectivity index (χ2n) is 7.55. The molecule has 29 heavy (non-hydrogen) atoms. The lowest BCUT2D eigenvalue weighted by atomic mass is 10.0. The molecule has 3 aromatic rings. The number of amides is 1. The zero-order valence-corrected chi connectivity index (χ0v) is 16.6. The molecule has 0 radical (unpaired) electrons. The summed E-state index contributed by atoms with van der Waals surface area (Å²) in [6.07, 6.45) is 3.54. The number of nitrogens with one attached hydrogen (secondary N) is 1. The first kappa shape index (κ1) is 19.2. The zero-order chi connectivity index (χ0) is 20.6. The molecule has 1 aliphatic rings. The van der Waals surface area contributed by atoms with Crippen molar-refractivity contribution >= 4 is 22.6 Å². The molecule has 1 aliphatic carbocycles. The minimum Gasteiger partial charge on any atom is -0.496 e. The van der Waals surface area contributed by atoms with E-state index in [1.54, 1.807) is 31.4 Å². The van der Waals surface area contributed by atoms with Crippen molar-refractivity contribution in [2.45, 2.75) is 38.1 Å². The Bertz CT molecular complexity index is 1130. The monoisotopic (exact) mass is 392 g/mol. The SMILES string of the molecule is CCCc1c(OC)ccc2cc(C(=O)Nc3ccc(C4(N)CC4)cc3)c(=O)oc12. The number of hydrogen-bond acceptors (Lipinski definition) is 5. The quantitative estimate of drug-likeness (QED) is 0.619. The van der Waals surface area contributed by atoms with Gasteiger partial charge in [0.05, 0.1) is 7.11 Å². The van der Waals surface area contributed by atoms with Crippen LogP contribution in [0.5, 0.6) is 5.75 Å². The highest BCUT2D eigenvalue weighted by atomic mass is 16.5. The molecule has 6 heteroatoms. The molecule has 4 rings (SSSR count). The number of anilines is 1. The number of hydrogen-bond donors (Lipinski definition) is 2. The highest BCUT2D eigenvalue weighted by Gasteiger charge is 2.39. The normalized spacial score (nSPS) is 14.6. The number of carbonyl (C=O) groups is 1. The highest BCUT2D eigenvalue weighted by Crippen LogP contribution is 2.42. The van der Waals surface area contributed by atoms with Gasteiger partial charge < -0.3 is 20.2 Å². The van der Waals surface area contributed by atoms with Crippen molar-refractivity contribution in [1.29, 1.82) is 0 Å². The maximum absolute atomic E-state index is 12.7. The van der Waals surface area contributed by atoms with Crippen LogP contribution in [0.15, 0.2) is 51.7 Å². The van der Waals surface area contributed by atoms with E-state index < -0.39 is 11.5 Å². The van der Waals surface area contributed by atoms with Gasteiger partial charge in [-0.1, -0.05) is 25.5 Å². The van der Waals surface area contributed by atoms with Gasteiger partial charge in [-0.05, 0) is 55.2 Å². The van der Waals surface area contributed by atoms with Gasteiger partial charge in [-0.15, -0.1) is 0 Å². The molecule has 1 heterocycles. The number of carbonyl (C=O) groups excluding carboxylic acids is 1. The number of ether oxygens (including phenoxy) is 1. The standard InChI is InChI=1S/C23H24N2O4/c1-3-4-17-19(28-2)10-5-14-13-18(22(27)29-20(14)17)21(26)25-16-8-6-15(7-9-16)23(24)11-12-23/h5-10,13H,3-4,11-12,24H2,1-2H3,(H,25,26). The van der Waals surface area contributed by atoms with Crippen LogP contribution in [0.2, 0.25) is 0 Å². The lowest BCUT2D eigenvalue weighted by Crippen LogP contribution is -2.21. The Kier molecular flexibility index (Phi) is 4.88. The number of fused-ring (bicyclic) bond motifs is 1. The van der Waals surface area contributed by atoms with Crippen molar-refractivity contribution < 1.29 is 13.9 Å². The Hall–Kier alpha value is -3.12. The zero-order valence-electron chi connectivity index (χ0n) is 16.6. The first-order chi connectivity index (χ1) is 13.9. The number of methoxy groups -OCH3 is 1. The van der Waals surface area contributed by atoms with Crippen LogP contribution in [0.25, 0.3) is 11.0 Å². The minimum atomic E-state index is -0.670. The van der Waals surface area contributed by atoms with E-state index in [-0.39, 0.29) is 11.1 Å². The van der Waals surface area contributed by atoms with E-state index in [2.05, 4.69) is 5.32 Å². The van der Waals surface area contributed by atoms with Crippen molar-refractivity contribution in [3.05, 3.63) is 69.6 Å². The number of rotatable bonds is 6. The van der Waals surface area contributed by atoms with E-state index >= 15 is 0 Å². The Labute approximate surface area is 168 Å². The van der Waals surface area contributed by atoms with Crippen LogP contribution in [0.1, 0.15) is 47.7 Å². The largest absolute Gasteiger partial charge is 0.496 e. The van der Waals surface area contributed by atoms with E-state index in [0.29, 0.717) is 28.8 Å². The van der Waals surface area contributed by atoms with Crippen molar-refractivity contribution in [3.8, 4) is 5.75 Å². The predicted molar refractivity (Wildman–Crippen MR) is 113 cm³/mol. The van der Waals surface area contributed by atoms with Crippen LogP contribution in [0, 0.1) is 0 Å². The van der Waals surface area contributed by atoms with Crippen LogP contribution in [-0.4, -0.2) is 13.0 Å². The third-order valence-corrected chi connectivity index (χ3v) is 5.43. The fraction of sp³-hybridized carbons (Fsp3) is 0.304. The van der Waals surface area contributed by atoms with Gasteiger partial charge in [0, 0.05) is 22.2 Å². The lowest BCUT2D eigenvalue weighted by molar-refractivity contribution is 0.102. The lowest BCUT2D eigenvalue weighted by Gasteiger charge is -2.12. The maximum atomic E-state index is 12.7. The van der Waals surface area contributed by atoms with Gasteiger partial charge in [-0.25, -0.2) is 4.79 Å². The minimum absolute atomic E-state index is 0.0355. The summed E-state index contributed by atoms with van der Waals surface area (Å²) in [5.41, 5.74) is 8.22. The first-order valence-electron chi connectivity index (χ1n) is 9.79. The average Bonchev–Trinajstić information content (AvgIpc) is 3.47. The molecule has 3 N–H and O–H groups in total. The van der Waals surface area contributed by atoms with Crippen molar-refractivity contribution in [1.82, 2.24) is 0 Å². The fourth-order valence-corrected chi connectivity index (χ4v) is 3.57. The summed E-state index contributed by atoms with van der Waals surface area (Å²) in [4.78, 5) is 25.2. The molecule has 1 aromatic heterocycles. The molecule has 1 amide bonds. The summed E-state index contributed by atoms with van der Waals surface area (Å²) in [6, 6.07) is 12.6. The van der Waals surface area contributed by atoms with E-state index in [0.717, 1.165) is 30.4 Å². The van der Waals surface area contributed by atoms with Crippen molar-refractivity contribution in [3.63, 3.8) is 0 Å². The Morgan fingerprint density at radius 2 is 1.93 bits per heavy atom. The topological polar surface area (TPSA) is 94.6 Å². The van der Waals surface area contributed by atoms with Gasteiger partial charge in [0.2, 0.25) is 0 Å². The molecule has 0 aliphatic heterocycles. The van der Waals surface area contributed by atoms with Gasteiger partial charge in [-0.3, -0.25) is 4.79 Å². The van der Waals surface area contributed by atoms with E-state index in [9.17, 15) is 9.59 Å². The molecule has 1 saturated carbocycles. The molecule has 1 fully saturated rings. The molecular formula is C23H24N2O4. The molecule has 0 bridgehead atoms. The third-order valence-electron chi connectivity index (χ3n) is 5.43. The Morgan fingerprint density at radius 1 is 1.21 bits per heavy atom. The van der Waals surface area contributed by atoms with Crippen LogP contribution in [0.4, 0.5) is 5.69 Å². The van der Waals surface area contributed by atoms with Gasteiger partial charge in [0.25, 0.3) is 5.91 Å². The first-order valence-corrected chi connectivity index (χ1v) is 9.79. The smallest absolute Gasteiger partial charge is 0.349 e. The molecular weight excluding hydrogens is 368 g/mol. The highest BCUT2D eigenvalue weighted by molar-refractivity contribution is 6.05. The molecule has 0 unspecified atom stereocenters. The summed E-state index contributed by atoms with van der Waals surface area (Å²) < 4.78 is 10.9. The van der Waals surface area contributed by atoms with Crippen LogP contribution in [0.3, 0.4) is 0 Å². The van der Waals surface area contributed by atoms with E-state index in [1.165, 1.54) is 0 Å². The fourth-order valence-electron chi connectivity index (χ4n) is 3.57. The van der Waals surface area contributed by atoms with Crippen LogP contribution in [-0.2, 0) is 12.0 Å². The van der Waals surface area contributed by atoms with Gasteiger partial charge in [0.15, 0.2) is 0 Å². The molecule has 0 spiro atoms. The third kappa shape index (κ3) is 3.63. The molecule has 6 nitrogen and oxygen atoms in total. The number of benzene rings is 2. The van der Waals surface area contributed by atoms with Crippen LogP contribution >= 0.6 is 0 Å². The molecule has 2 aromatic carbocycles. The maximum Gasteiger partial charge on any atom is 0.349 e. The van der Waals surface area contributed by atoms with Gasteiger partial charge in [-0.2, -0.15) is 0 Å². The average molecular weight is 392 g/mol. The summed E-state index contributed by atoms with van der Waals surface area (Å²) in [5.74, 6) is 0.170. The van der Waals surface area contributed by atoms with E-state index in [4.69, 9.17) is 14.9 Å². The molecule has 0 atom stereocenters. The number of nitrogens with two attached hydrogens (primary N) is 1. The van der Waals surface area contributed by atoms with Gasteiger partial charge >= 0.3 is 5.63 Å². The Balaban J connectivity index is 1.64.